The van der Waals surface area contributed by atoms with Crippen LogP contribution in [0.15, 0.2) is 10.1 Å². The van der Waals surface area contributed by atoms with Gasteiger partial charge in [0.25, 0.3) is 11.9 Å². The molecule has 0 aromatic heterocycles. The van der Waals surface area contributed by atoms with Gasteiger partial charge in [0.15, 0.2) is 5.03 Å². The van der Waals surface area contributed by atoms with Crippen molar-refractivity contribution in [3.8, 4) is 0 Å². The Labute approximate surface area is 122 Å². The van der Waals surface area contributed by atoms with Crippen LogP contribution in [0.5, 0.6) is 0 Å². The predicted octanol–water partition coefficient (Wildman–Crippen LogP) is -3.09. The van der Waals surface area contributed by atoms with E-state index in [0.29, 0.717) is 0 Å². The third-order valence-corrected chi connectivity index (χ3v) is 2.95. The van der Waals surface area contributed by atoms with Crippen LogP contribution in [0.2, 0.25) is 0 Å². The van der Waals surface area contributed by atoms with Crippen LogP contribution in [0, 0.1) is 10.1 Å². The third kappa shape index (κ3) is 3.00. The number of aliphatic hydroxyl groups excluding tert-OH is 2. The first-order chi connectivity index (χ1) is 10.3. The molecule has 0 spiro atoms. The van der Waals surface area contributed by atoms with Crippen molar-refractivity contribution in [3.63, 3.8) is 0 Å². The number of guanidine groups is 1. The van der Waals surface area contributed by atoms with Gasteiger partial charge in [-0.3, -0.25) is 10.1 Å². The smallest absolute Gasteiger partial charge is 0.332 e. The van der Waals surface area contributed by atoms with Crippen molar-refractivity contribution >= 4 is 23.7 Å². The average Bonchev–Trinajstić information content (AvgIpc) is 2.89. The molecule has 0 aromatic rings. The molecule has 2 fully saturated rings. The fourth-order valence-corrected chi connectivity index (χ4v) is 2.04. The number of aliphatic imine (C=N–C) groups is 1. The van der Waals surface area contributed by atoms with Crippen molar-refractivity contribution in [1.82, 2.24) is 10.2 Å². The second kappa shape index (κ2) is 6.00. The van der Waals surface area contributed by atoms with Crippen molar-refractivity contribution in [2.24, 2.45) is 15.8 Å². The minimum atomic E-state index is -1.12. The monoisotopic (exact) mass is 316 g/mol. The summed E-state index contributed by atoms with van der Waals surface area (Å²) in [4.78, 5) is 37.8. The SMILES string of the molecule is NC(=N\[N+](=O)[O-])/N=C1\C(=O)NC(=O)N1[C@H]1C[C@H](O)[C@@H](CO)O1. The highest BCUT2D eigenvalue weighted by atomic mass is 16.7. The highest BCUT2D eigenvalue weighted by Gasteiger charge is 2.46. The number of amides is 3. The van der Waals surface area contributed by atoms with E-state index in [4.69, 9.17) is 15.6 Å². The lowest BCUT2D eigenvalue weighted by molar-refractivity contribution is -0.485. The van der Waals surface area contributed by atoms with E-state index in [9.17, 15) is 24.8 Å². The number of amidine groups is 1. The Hall–Kier alpha value is -2.64. The van der Waals surface area contributed by atoms with Gasteiger partial charge in [0.05, 0.1) is 12.7 Å². The molecule has 2 aliphatic heterocycles. The lowest BCUT2D eigenvalue weighted by atomic mass is 10.2. The largest absolute Gasteiger partial charge is 0.394 e. The summed E-state index contributed by atoms with van der Waals surface area (Å²) >= 11 is 0. The fourth-order valence-electron chi connectivity index (χ4n) is 2.04. The number of nitro groups is 1. The first kappa shape index (κ1) is 15.7. The van der Waals surface area contributed by atoms with Crippen LogP contribution in [0.4, 0.5) is 4.79 Å². The van der Waals surface area contributed by atoms with Gasteiger partial charge in [0, 0.05) is 6.42 Å². The number of aliphatic hydroxyl groups is 2. The zero-order valence-electron chi connectivity index (χ0n) is 10.9. The Bertz CT molecular complexity index is 575. The molecule has 5 N–H and O–H groups in total. The van der Waals surface area contributed by atoms with Crippen molar-refractivity contribution in [3.05, 3.63) is 10.1 Å². The summed E-state index contributed by atoms with van der Waals surface area (Å²) in [5.41, 5.74) is 5.18. The van der Waals surface area contributed by atoms with E-state index in [0.717, 1.165) is 4.90 Å². The number of hydrazone groups is 1. The third-order valence-electron chi connectivity index (χ3n) is 2.95. The van der Waals surface area contributed by atoms with Crippen LogP contribution in [-0.2, 0) is 9.53 Å². The molecule has 0 unspecified atom stereocenters. The van der Waals surface area contributed by atoms with Crippen molar-refractivity contribution in [2.75, 3.05) is 6.61 Å². The molecule has 2 heterocycles. The van der Waals surface area contributed by atoms with Gasteiger partial charge in [0.1, 0.15) is 17.4 Å². The second-order valence-electron chi connectivity index (χ2n) is 4.38. The van der Waals surface area contributed by atoms with Crippen LogP contribution in [0.3, 0.4) is 0 Å². The average molecular weight is 316 g/mol. The number of rotatable bonds is 3. The molecule has 13 nitrogen and oxygen atoms in total. The van der Waals surface area contributed by atoms with Gasteiger partial charge in [-0.15, -0.1) is 0 Å². The molecule has 0 aromatic carbocycles. The fraction of sp³-hybridized carbons (Fsp3) is 0.556. The van der Waals surface area contributed by atoms with Crippen LogP contribution < -0.4 is 11.1 Å². The molecular formula is C9H12N6O7. The van der Waals surface area contributed by atoms with E-state index in [2.05, 4.69) is 10.1 Å². The zero-order chi connectivity index (χ0) is 16.4. The Balaban J connectivity index is 2.28. The maximum Gasteiger partial charge on any atom is 0.332 e. The predicted molar refractivity (Wildman–Crippen MR) is 67.8 cm³/mol. The number of nitrogens with zero attached hydrogens (tertiary/aromatic N) is 4. The molecule has 0 radical (unpaired) electrons. The van der Waals surface area contributed by atoms with E-state index < -0.39 is 53.8 Å². The molecule has 3 amide bonds. The topological polar surface area (TPSA) is 193 Å². The number of carbonyl (C=O) groups is 2. The Morgan fingerprint density at radius 3 is 2.82 bits per heavy atom. The molecule has 0 saturated carbocycles. The molecule has 2 aliphatic rings. The molecule has 2 rings (SSSR count). The van der Waals surface area contributed by atoms with Crippen LogP contribution in [0.25, 0.3) is 0 Å². The first-order valence-electron chi connectivity index (χ1n) is 5.99. The van der Waals surface area contributed by atoms with Gasteiger partial charge in [0.2, 0.25) is 5.84 Å². The van der Waals surface area contributed by atoms with Crippen molar-refractivity contribution in [2.45, 2.75) is 24.9 Å². The Morgan fingerprint density at radius 1 is 1.59 bits per heavy atom. The quantitative estimate of drug-likeness (QED) is 0.138. The lowest BCUT2D eigenvalue weighted by Gasteiger charge is -2.21. The van der Waals surface area contributed by atoms with Gasteiger partial charge >= 0.3 is 6.03 Å². The summed E-state index contributed by atoms with van der Waals surface area (Å²) in [6.07, 6.45) is -3.15. The summed E-state index contributed by atoms with van der Waals surface area (Å²) < 4.78 is 5.24. The maximum absolute atomic E-state index is 11.8. The second-order valence-corrected chi connectivity index (χ2v) is 4.38. The van der Waals surface area contributed by atoms with Gasteiger partial charge in [-0.1, -0.05) is 0 Å². The number of hydrogen-bond acceptors (Lipinski definition) is 7. The molecule has 3 atom stereocenters. The number of nitrogens with two attached hydrogens (primary N) is 1. The van der Waals surface area contributed by atoms with Crippen LogP contribution in [0.1, 0.15) is 6.42 Å². The summed E-state index contributed by atoms with van der Waals surface area (Å²) in [5.74, 6) is -2.34. The molecular weight excluding hydrogens is 304 g/mol. The molecule has 13 heteroatoms. The molecule has 0 aliphatic carbocycles. The standard InChI is InChI=1S/C9H12N6O7/c10-8(13-15(20)21)11-6-7(18)12-9(19)14(6)5-1-3(17)4(2-16)22-5/h3-5,16-17H,1-2H2,(H2,10,13)(H,12,18,19)/b11-6+/t3-,4+,5+/m0/s1. The highest BCUT2D eigenvalue weighted by molar-refractivity contribution is 6.48. The number of urea groups is 1. The number of hydrogen-bond donors (Lipinski definition) is 4. The molecule has 120 valence electrons. The minimum Gasteiger partial charge on any atom is -0.394 e. The summed E-state index contributed by atoms with van der Waals surface area (Å²) in [7, 11) is 0. The molecule has 2 saturated heterocycles. The van der Waals surface area contributed by atoms with Gasteiger partial charge in [-0.2, -0.15) is 4.99 Å². The number of nitrogens with one attached hydrogen (secondary N) is 1. The summed E-state index contributed by atoms with van der Waals surface area (Å²) in [6, 6.07) is -0.895. The molecule has 22 heavy (non-hydrogen) atoms. The van der Waals surface area contributed by atoms with Crippen molar-refractivity contribution < 1.29 is 29.6 Å². The van der Waals surface area contributed by atoms with Crippen LogP contribution in [-0.4, -0.2) is 68.9 Å². The number of ether oxygens (including phenoxy) is 1. The Morgan fingerprint density at radius 2 is 2.27 bits per heavy atom. The summed E-state index contributed by atoms with van der Waals surface area (Å²) in [5, 5.41) is 32.3. The van der Waals surface area contributed by atoms with E-state index in [-0.39, 0.29) is 6.42 Å². The molecule has 0 bridgehead atoms. The van der Waals surface area contributed by atoms with E-state index in [1.807, 2.05) is 5.32 Å². The first-order valence-corrected chi connectivity index (χ1v) is 5.99. The van der Waals surface area contributed by atoms with Crippen LogP contribution >= 0.6 is 0 Å². The summed E-state index contributed by atoms with van der Waals surface area (Å²) in [6.45, 7) is -0.488. The highest BCUT2D eigenvalue weighted by Crippen LogP contribution is 2.25. The normalized spacial score (nSPS) is 31.0. The zero-order valence-corrected chi connectivity index (χ0v) is 10.9. The number of carbonyl (C=O) groups excluding carboxylic acids is 2. The van der Waals surface area contributed by atoms with E-state index >= 15 is 0 Å². The van der Waals surface area contributed by atoms with Gasteiger partial charge in [-0.25, -0.2) is 19.8 Å². The number of imide groups is 1. The van der Waals surface area contributed by atoms with Crippen molar-refractivity contribution in [1.29, 1.82) is 0 Å². The van der Waals surface area contributed by atoms with E-state index in [1.165, 1.54) is 0 Å². The van der Waals surface area contributed by atoms with Gasteiger partial charge in [-0.05, 0) is 0 Å². The van der Waals surface area contributed by atoms with Gasteiger partial charge < -0.3 is 20.7 Å². The Kier molecular flexibility index (Phi) is 4.30. The maximum atomic E-state index is 11.8. The minimum absolute atomic E-state index is 0.0861. The van der Waals surface area contributed by atoms with E-state index in [1.54, 1.807) is 0 Å². The lowest BCUT2D eigenvalue weighted by Crippen LogP contribution is -2.41.